The van der Waals surface area contributed by atoms with Crippen molar-refractivity contribution in [3.63, 3.8) is 0 Å². The van der Waals surface area contributed by atoms with E-state index in [2.05, 4.69) is 16.0 Å². The zero-order valence-electron chi connectivity index (χ0n) is 18.4. The molecule has 4 N–H and O–H groups in total. The molecule has 0 bridgehead atoms. The molecule has 5 unspecified atom stereocenters. The van der Waals surface area contributed by atoms with E-state index in [0.29, 0.717) is 25.8 Å². The number of nitrogens with one attached hydrogen (secondary N) is 3. The van der Waals surface area contributed by atoms with Crippen molar-refractivity contribution in [2.45, 2.75) is 84.0 Å². The number of amides is 3. The van der Waals surface area contributed by atoms with Crippen molar-refractivity contribution < 1.29 is 24.3 Å². The van der Waals surface area contributed by atoms with Gasteiger partial charge >= 0.3 is 5.97 Å². The number of carbonyl (C=O) groups excluding carboxylic acids is 3. The first-order chi connectivity index (χ1) is 14.2. The van der Waals surface area contributed by atoms with Crippen molar-refractivity contribution in [3.05, 3.63) is 0 Å². The Morgan fingerprint density at radius 2 is 1.77 bits per heavy atom. The lowest BCUT2D eigenvalue weighted by atomic mass is 9.95. The Bertz CT molecular complexity index is 647. The zero-order chi connectivity index (χ0) is 22.4. The fraction of sp³-hybridized carbons (Fsp3) is 0.810. The average Bonchev–Trinajstić information content (AvgIpc) is 3.40. The topological polar surface area (TPSA) is 128 Å². The van der Waals surface area contributed by atoms with Gasteiger partial charge in [0.1, 0.15) is 18.1 Å². The molecule has 5 atom stereocenters. The Morgan fingerprint density at radius 3 is 2.30 bits per heavy atom. The molecular weight excluding hydrogens is 388 g/mol. The molecule has 9 heteroatoms. The van der Waals surface area contributed by atoms with Crippen LogP contribution in [-0.2, 0) is 19.2 Å². The lowest BCUT2D eigenvalue weighted by molar-refractivity contribution is -0.150. The van der Waals surface area contributed by atoms with Crippen LogP contribution in [0.1, 0.15) is 59.8 Å². The average molecular weight is 425 g/mol. The van der Waals surface area contributed by atoms with Gasteiger partial charge in [-0.15, -0.1) is 0 Å². The first kappa shape index (κ1) is 24.1. The number of carbonyl (C=O) groups is 4. The van der Waals surface area contributed by atoms with Crippen molar-refractivity contribution in [2.24, 2.45) is 11.8 Å². The Kier molecular flexibility index (Phi) is 8.64. The van der Waals surface area contributed by atoms with Gasteiger partial charge in [0.15, 0.2) is 0 Å². The largest absolute Gasteiger partial charge is 0.480 e. The van der Waals surface area contributed by atoms with E-state index in [1.165, 1.54) is 4.90 Å². The summed E-state index contributed by atoms with van der Waals surface area (Å²) in [5, 5.41) is 18.2. The molecule has 0 saturated carbocycles. The minimum Gasteiger partial charge on any atom is -0.480 e. The van der Waals surface area contributed by atoms with E-state index in [0.717, 1.165) is 19.4 Å². The molecule has 0 aromatic heterocycles. The van der Waals surface area contributed by atoms with Crippen LogP contribution in [0.3, 0.4) is 0 Å². The van der Waals surface area contributed by atoms with Crippen molar-refractivity contribution in [3.8, 4) is 0 Å². The highest BCUT2D eigenvalue weighted by Gasteiger charge is 2.40. The van der Waals surface area contributed by atoms with E-state index in [-0.39, 0.29) is 29.7 Å². The van der Waals surface area contributed by atoms with E-state index in [1.54, 1.807) is 0 Å². The molecule has 0 aromatic carbocycles. The van der Waals surface area contributed by atoms with E-state index < -0.39 is 30.0 Å². The molecule has 9 nitrogen and oxygen atoms in total. The maximum atomic E-state index is 13.2. The highest BCUT2D eigenvalue weighted by molar-refractivity contribution is 5.94. The van der Waals surface area contributed by atoms with Crippen LogP contribution >= 0.6 is 0 Å². The third-order valence-corrected chi connectivity index (χ3v) is 6.22. The number of rotatable bonds is 9. The summed E-state index contributed by atoms with van der Waals surface area (Å²) in [4.78, 5) is 51.6. The van der Waals surface area contributed by atoms with Gasteiger partial charge in [-0.2, -0.15) is 0 Å². The van der Waals surface area contributed by atoms with Crippen LogP contribution in [0.2, 0.25) is 0 Å². The molecule has 2 rings (SSSR count). The normalized spacial score (nSPS) is 24.4. The molecule has 0 spiro atoms. The molecule has 30 heavy (non-hydrogen) atoms. The molecule has 0 aromatic rings. The highest BCUT2D eigenvalue weighted by Crippen LogP contribution is 2.21. The fourth-order valence-electron chi connectivity index (χ4n) is 4.09. The quantitative estimate of drug-likeness (QED) is 0.426. The molecule has 3 amide bonds. The van der Waals surface area contributed by atoms with Crippen LogP contribution < -0.4 is 16.0 Å². The summed E-state index contributed by atoms with van der Waals surface area (Å²) in [5.41, 5.74) is 0. The standard InChI is InChI=1S/C21H36N4O5/c1-5-13(4)17(20(28)25-11-7-9-15(25)21(29)30)24-19(27)16(12(2)3)23-18(26)14-8-6-10-22-14/h12-17,22H,5-11H2,1-4H3,(H,23,26)(H,24,27)(H,29,30). The second kappa shape index (κ2) is 10.7. The van der Waals surface area contributed by atoms with Crippen molar-refractivity contribution in [1.82, 2.24) is 20.9 Å². The smallest absolute Gasteiger partial charge is 0.326 e. The van der Waals surface area contributed by atoms with E-state index in [4.69, 9.17) is 0 Å². The second-order valence-corrected chi connectivity index (χ2v) is 8.78. The van der Waals surface area contributed by atoms with Gasteiger partial charge in [0.05, 0.1) is 6.04 Å². The summed E-state index contributed by atoms with van der Waals surface area (Å²) in [6, 6.07) is -2.75. The van der Waals surface area contributed by atoms with Crippen LogP contribution in [-0.4, -0.2) is 71.0 Å². The molecule has 2 aliphatic heterocycles. The number of carboxylic acid groups (broad SMARTS) is 1. The highest BCUT2D eigenvalue weighted by atomic mass is 16.4. The van der Waals surface area contributed by atoms with Gasteiger partial charge in [0.2, 0.25) is 17.7 Å². The summed E-state index contributed by atoms with van der Waals surface area (Å²) in [5.74, 6) is -2.35. The Hall–Kier alpha value is -2.16. The predicted octanol–water partition coefficient (Wildman–Crippen LogP) is 0.486. The van der Waals surface area contributed by atoms with Crippen LogP contribution in [0.5, 0.6) is 0 Å². The third kappa shape index (κ3) is 5.71. The molecule has 2 saturated heterocycles. The summed E-state index contributed by atoms with van der Waals surface area (Å²) in [6.45, 7) is 8.61. The summed E-state index contributed by atoms with van der Waals surface area (Å²) < 4.78 is 0. The molecule has 2 fully saturated rings. The van der Waals surface area contributed by atoms with Crippen LogP contribution in [0, 0.1) is 11.8 Å². The summed E-state index contributed by atoms with van der Waals surface area (Å²) >= 11 is 0. The van der Waals surface area contributed by atoms with Gasteiger partial charge in [-0.1, -0.05) is 34.1 Å². The van der Waals surface area contributed by atoms with Gasteiger partial charge in [-0.3, -0.25) is 14.4 Å². The Balaban J connectivity index is 2.12. The maximum absolute atomic E-state index is 13.2. The number of hydrogen-bond donors (Lipinski definition) is 4. The molecule has 0 radical (unpaired) electrons. The number of carboxylic acids is 1. The lowest BCUT2D eigenvalue weighted by Gasteiger charge is -2.32. The summed E-state index contributed by atoms with van der Waals surface area (Å²) in [7, 11) is 0. The first-order valence-corrected chi connectivity index (χ1v) is 11.0. The van der Waals surface area contributed by atoms with Gasteiger partial charge in [0.25, 0.3) is 0 Å². The lowest BCUT2D eigenvalue weighted by Crippen LogP contribution is -2.59. The minimum absolute atomic E-state index is 0.165. The Labute approximate surface area is 178 Å². The second-order valence-electron chi connectivity index (χ2n) is 8.78. The van der Waals surface area contributed by atoms with Crippen molar-refractivity contribution >= 4 is 23.7 Å². The molecular formula is C21H36N4O5. The molecule has 0 aliphatic carbocycles. The monoisotopic (exact) mass is 424 g/mol. The zero-order valence-corrected chi connectivity index (χ0v) is 18.4. The predicted molar refractivity (Wildman–Crippen MR) is 112 cm³/mol. The van der Waals surface area contributed by atoms with E-state index >= 15 is 0 Å². The Morgan fingerprint density at radius 1 is 1.07 bits per heavy atom. The fourth-order valence-corrected chi connectivity index (χ4v) is 4.09. The minimum atomic E-state index is -1.02. The van der Waals surface area contributed by atoms with Gasteiger partial charge < -0.3 is 26.0 Å². The first-order valence-electron chi connectivity index (χ1n) is 11.0. The van der Waals surface area contributed by atoms with E-state index in [9.17, 15) is 24.3 Å². The van der Waals surface area contributed by atoms with Gasteiger partial charge in [0, 0.05) is 6.54 Å². The number of hydrogen-bond acceptors (Lipinski definition) is 5. The third-order valence-electron chi connectivity index (χ3n) is 6.22. The number of likely N-dealkylation sites (tertiary alicyclic amines) is 1. The van der Waals surface area contributed by atoms with E-state index in [1.807, 2.05) is 27.7 Å². The van der Waals surface area contributed by atoms with Crippen LogP contribution in [0.25, 0.3) is 0 Å². The SMILES string of the molecule is CCC(C)C(NC(=O)C(NC(=O)C1CCCN1)C(C)C)C(=O)N1CCCC1C(=O)O. The maximum Gasteiger partial charge on any atom is 0.326 e. The van der Waals surface area contributed by atoms with Crippen LogP contribution in [0.15, 0.2) is 0 Å². The van der Waals surface area contributed by atoms with Crippen molar-refractivity contribution in [2.75, 3.05) is 13.1 Å². The van der Waals surface area contributed by atoms with Gasteiger partial charge in [-0.05, 0) is 44.1 Å². The number of nitrogens with zero attached hydrogens (tertiary/aromatic N) is 1. The summed E-state index contributed by atoms with van der Waals surface area (Å²) in [6.07, 6.45) is 3.34. The van der Waals surface area contributed by atoms with Gasteiger partial charge in [-0.25, -0.2) is 4.79 Å². The molecule has 2 heterocycles. The van der Waals surface area contributed by atoms with Crippen molar-refractivity contribution in [1.29, 1.82) is 0 Å². The molecule has 170 valence electrons. The molecule has 2 aliphatic rings. The number of aliphatic carboxylic acids is 1. The van der Waals surface area contributed by atoms with Crippen LogP contribution in [0.4, 0.5) is 0 Å².